The van der Waals surface area contributed by atoms with Gasteiger partial charge in [0.15, 0.2) is 12.6 Å². The highest BCUT2D eigenvalue weighted by atomic mass is 35.5. The minimum absolute atomic E-state index is 0.0123. The number of benzene rings is 2. The first-order valence-corrected chi connectivity index (χ1v) is 11.2. The second-order valence-corrected chi connectivity index (χ2v) is 8.40. The van der Waals surface area contributed by atoms with Gasteiger partial charge in [0, 0.05) is 35.3 Å². The highest BCUT2D eigenvalue weighted by molar-refractivity contribution is 6.36. The largest absolute Gasteiger partial charge is 0.298 e. The predicted octanol–water partition coefficient (Wildman–Crippen LogP) is 5.68. The summed E-state index contributed by atoms with van der Waals surface area (Å²) in [6.45, 7) is 2.02. The van der Waals surface area contributed by atoms with Gasteiger partial charge in [-0.05, 0) is 53.4 Å². The number of carbonyl (C=O) groups is 2. The quantitative estimate of drug-likeness (QED) is 0.303. The van der Waals surface area contributed by atoms with Crippen molar-refractivity contribution in [1.82, 2.24) is 14.4 Å². The SMILES string of the molecule is Cc1c(-c2ccn3c(=O)c(C=O)cnc3c2)cccc1-c1cccc(-c2ccc(C=O)cn2)c1Cl. The number of aldehydes is 2. The number of aromatic nitrogens is 3. The number of halogens is 1. The summed E-state index contributed by atoms with van der Waals surface area (Å²) >= 11 is 6.86. The van der Waals surface area contributed by atoms with Crippen LogP contribution in [0.4, 0.5) is 0 Å². The average molecular weight is 480 g/mol. The number of pyridine rings is 2. The molecule has 0 atom stereocenters. The molecule has 0 N–H and O–H groups in total. The Morgan fingerprint density at radius 3 is 2.29 bits per heavy atom. The van der Waals surface area contributed by atoms with Crippen LogP contribution in [0.5, 0.6) is 0 Å². The van der Waals surface area contributed by atoms with E-state index in [0.717, 1.165) is 39.7 Å². The second kappa shape index (κ2) is 9.08. The third-order valence-electron chi connectivity index (χ3n) is 6.00. The Balaban J connectivity index is 1.61. The molecule has 0 saturated heterocycles. The van der Waals surface area contributed by atoms with Gasteiger partial charge < -0.3 is 0 Å². The van der Waals surface area contributed by atoms with E-state index >= 15 is 0 Å². The first-order valence-electron chi connectivity index (χ1n) is 10.8. The van der Waals surface area contributed by atoms with Gasteiger partial charge in [-0.3, -0.25) is 23.8 Å². The molecule has 3 aromatic heterocycles. The molecule has 0 amide bonds. The molecule has 0 saturated carbocycles. The van der Waals surface area contributed by atoms with Crippen LogP contribution in [-0.4, -0.2) is 26.9 Å². The van der Waals surface area contributed by atoms with Crippen molar-refractivity contribution >= 4 is 29.8 Å². The molecule has 5 rings (SSSR count). The zero-order chi connectivity index (χ0) is 24.5. The number of hydrogen-bond donors (Lipinski definition) is 0. The van der Waals surface area contributed by atoms with Crippen LogP contribution < -0.4 is 5.56 Å². The second-order valence-electron chi connectivity index (χ2n) is 8.02. The lowest BCUT2D eigenvalue weighted by atomic mass is 9.92. The smallest absolute Gasteiger partial charge is 0.268 e. The Morgan fingerprint density at radius 1 is 0.829 bits per heavy atom. The van der Waals surface area contributed by atoms with E-state index in [1.54, 1.807) is 18.3 Å². The molecule has 0 aliphatic carbocycles. The van der Waals surface area contributed by atoms with Crippen molar-refractivity contribution in [1.29, 1.82) is 0 Å². The lowest BCUT2D eigenvalue weighted by molar-refractivity contribution is 0.111. The van der Waals surface area contributed by atoms with Gasteiger partial charge in [0.05, 0.1) is 16.3 Å². The molecule has 7 heteroatoms. The molecule has 0 radical (unpaired) electrons. The van der Waals surface area contributed by atoms with Gasteiger partial charge >= 0.3 is 0 Å². The van der Waals surface area contributed by atoms with Crippen molar-refractivity contribution in [2.45, 2.75) is 6.92 Å². The highest BCUT2D eigenvalue weighted by Crippen LogP contribution is 2.39. The van der Waals surface area contributed by atoms with Crippen LogP contribution >= 0.6 is 11.6 Å². The zero-order valence-corrected chi connectivity index (χ0v) is 19.4. The summed E-state index contributed by atoms with van der Waals surface area (Å²) in [5.74, 6) is 0. The monoisotopic (exact) mass is 479 g/mol. The highest BCUT2D eigenvalue weighted by Gasteiger charge is 2.15. The standard InChI is InChI=1S/C28H18ClN3O3/c1-17-21(19-10-11-32-26(12-19)31-14-20(16-34)28(32)35)4-2-5-22(17)23-6-3-7-24(27(23)29)25-9-8-18(15-33)13-30-25/h2-16H,1H3. The van der Waals surface area contributed by atoms with Crippen molar-refractivity contribution in [3.05, 3.63) is 111 Å². The van der Waals surface area contributed by atoms with E-state index < -0.39 is 5.56 Å². The van der Waals surface area contributed by atoms with E-state index in [1.165, 1.54) is 16.8 Å². The molecule has 0 unspecified atom stereocenters. The lowest BCUT2D eigenvalue weighted by Gasteiger charge is -2.15. The molecule has 0 fully saturated rings. The summed E-state index contributed by atoms with van der Waals surface area (Å²) in [5, 5.41) is 0.562. The molecule has 0 aliphatic heterocycles. The molecule has 0 spiro atoms. The van der Waals surface area contributed by atoms with Crippen LogP contribution in [0.15, 0.2) is 84.0 Å². The average Bonchev–Trinajstić information content (AvgIpc) is 2.89. The van der Waals surface area contributed by atoms with Crippen LogP contribution in [0.2, 0.25) is 5.02 Å². The molecule has 170 valence electrons. The summed E-state index contributed by atoms with van der Waals surface area (Å²) in [4.78, 5) is 43.1. The van der Waals surface area contributed by atoms with Crippen LogP contribution in [0, 0.1) is 6.92 Å². The molecule has 2 aromatic carbocycles. The van der Waals surface area contributed by atoms with Crippen molar-refractivity contribution in [2.75, 3.05) is 0 Å². The van der Waals surface area contributed by atoms with E-state index in [0.29, 0.717) is 28.2 Å². The fourth-order valence-corrected chi connectivity index (χ4v) is 4.47. The van der Waals surface area contributed by atoms with Crippen LogP contribution in [0.25, 0.3) is 39.2 Å². The maximum Gasteiger partial charge on any atom is 0.268 e. The van der Waals surface area contributed by atoms with E-state index in [2.05, 4.69) is 9.97 Å². The summed E-state index contributed by atoms with van der Waals surface area (Å²) in [6, 6.07) is 18.9. The van der Waals surface area contributed by atoms with Crippen molar-refractivity contribution in [2.24, 2.45) is 0 Å². The van der Waals surface area contributed by atoms with Gasteiger partial charge in [-0.1, -0.05) is 48.0 Å². The van der Waals surface area contributed by atoms with Gasteiger partial charge in [-0.15, -0.1) is 0 Å². The molecular weight excluding hydrogens is 462 g/mol. The summed E-state index contributed by atoms with van der Waals surface area (Å²) in [7, 11) is 0. The maximum atomic E-state index is 12.4. The zero-order valence-electron chi connectivity index (χ0n) is 18.6. The Morgan fingerprint density at radius 2 is 1.57 bits per heavy atom. The Hall–Kier alpha value is -4.42. The summed E-state index contributed by atoms with van der Waals surface area (Å²) < 4.78 is 1.36. The van der Waals surface area contributed by atoms with Crippen molar-refractivity contribution in [3.8, 4) is 33.5 Å². The fraction of sp³-hybridized carbons (Fsp3) is 0.0357. The van der Waals surface area contributed by atoms with Gasteiger partial charge in [0.2, 0.25) is 0 Å². The molecule has 6 nitrogen and oxygen atoms in total. The van der Waals surface area contributed by atoms with Gasteiger partial charge in [-0.2, -0.15) is 0 Å². The van der Waals surface area contributed by atoms with Gasteiger partial charge in [0.25, 0.3) is 5.56 Å². The summed E-state index contributed by atoms with van der Waals surface area (Å²) in [6.07, 6.45) is 5.70. The molecule has 0 aliphatic rings. The number of hydrogen-bond acceptors (Lipinski definition) is 5. The fourth-order valence-electron chi connectivity index (χ4n) is 4.15. The predicted molar refractivity (Wildman–Crippen MR) is 136 cm³/mol. The first kappa shape index (κ1) is 22.4. The maximum absolute atomic E-state index is 12.4. The van der Waals surface area contributed by atoms with Crippen LogP contribution in [0.1, 0.15) is 26.3 Å². The first-order chi connectivity index (χ1) is 17.0. The van der Waals surface area contributed by atoms with Crippen LogP contribution in [-0.2, 0) is 0 Å². The van der Waals surface area contributed by atoms with E-state index in [1.807, 2.05) is 55.5 Å². The van der Waals surface area contributed by atoms with Gasteiger partial charge in [-0.25, -0.2) is 4.98 Å². The Bertz CT molecular complexity index is 1670. The van der Waals surface area contributed by atoms with E-state index in [-0.39, 0.29) is 5.56 Å². The Kier molecular flexibility index (Phi) is 5.81. The normalized spacial score (nSPS) is 10.9. The van der Waals surface area contributed by atoms with Crippen LogP contribution in [0.3, 0.4) is 0 Å². The third kappa shape index (κ3) is 3.94. The summed E-state index contributed by atoms with van der Waals surface area (Å²) in [5.41, 5.74) is 6.68. The molecular formula is C28H18ClN3O3. The number of fused-ring (bicyclic) bond motifs is 1. The van der Waals surface area contributed by atoms with E-state index in [9.17, 15) is 14.4 Å². The minimum atomic E-state index is -0.402. The number of nitrogens with zero attached hydrogens (tertiary/aromatic N) is 3. The molecule has 0 bridgehead atoms. The van der Waals surface area contributed by atoms with Gasteiger partial charge in [0.1, 0.15) is 5.65 Å². The van der Waals surface area contributed by atoms with E-state index in [4.69, 9.17) is 11.6 Å². The minimum Gasteiger partial charge on any atom is -0.298 e. The molecule has 3 heterocycles. The number of carbonyl (C=O) groups excluding carboxylic acids is 2. The lowest BCUT2D eigenvalue weighted by Crippen LogP contribution is -2.18. The molecule has 5 aromatic rings. The van der Waals surface area contributed by atoms with Crippen molar-refractivity contribution < 1.29 is 9.59 Å². The number of rotatable bonds is 5. The topological polar surface area (TPSA) is 81.4 Å². The Labute approximate surface area is 205 Å². The third-order valence-corrected chi connectivity index (χ3v) is 6.40. The van der Waals surface area contributed by atoms with Crippen molar-refractivity contribution in [3.63, 3.8) is 0 Å². The molecule has 35 heavy (non-hydrogen) atoms.